The highest BCUT2D eigenvalue weighted by Gasteiger charge is 2.27. The first-order valence-corrected chi connectivity index (χ1v) is 11.0. The molecular weight excluding hydrogens is 384 g/mol. The summed E-state index contributed by atoms with van der Waals surface area (Å²) in [5.74, 6) is 1.02. The van der Waals surface area contributed by atoms with Crippen molar-refractivity contribution < 1.29 is 9.53 Å². The molecule has 1 aliphatic heterocycles. The van der Waals surface area contributed by atoms with Gasteiger partial charge in [0.15, 0.2) is 5.13 Å². The summed E-state index contributed by atoms with van der Waals surface area (Å²) in [7, 11) is 0. The highest BCUT2D eigenvalue weighted by Crippen LogP contribution is 2.30. The summed E-state index contributed by atoms with van der Waals surface area (Å²) in [6.45, 7) is 4.95. The third-order valence-electron chi connectivity index (χ3n) is 5.17. The summed E-state index contributed by atoms with van der Waals surface area (Å²) in [6.07, 6.45) is 4.54. The topological polar surface area (TPSA) is 67.3 Å². The van der Waals surface area contributed by atoms with E-state index >= 15 is 0 Å². The minimum absolute atomic E-state index is 0.00375. The number of benzene rings is 1. The van der Waals surface area contributed by atoms with Gasteiger partial charge in [0.1, 0.15) is 16.1 Å². The summed E-state index contributed by atoms with van der Waals surface area (Å²) in [5, 5.41) is 4.08. The van der Waals surface area contributed by atoms with Crippen LogP contribution < -0.4 is 15.0 Å². The Bertz CT molecular complexity index is 924. The lowest BCUT2D eigenvalue weighted by molar-refractivity contribution is -0.125. The molecule has 1 saturated heterocycles. The van der Waals surface area contributed by atoms with Crippen molar-refractivity contribution in [3.8, 4) is 5.75 Å². The van der Waals surface area contributed by atoms with Gasteiger partial charge in [-0.25, -0.2) is 9.97 Å². The second-order valence-electron chi connectivity index (χ2n) is 7.23. The first-order chi connectivity index (χ1) is 14.2. The van der Waals surface area contributed by atoms with E-state index in [1.165, 1.54) is 5.56 Å². The van der Waals surface area contributed by atoms with Crippen molar-refractivity contribution in [2.24, 2.45) is 5.92 Å². The number of piperidine rings is 1. The number of rotatable bonds is 7. The van der Waals surface area contributed by atoms with Gasteiger partial charge in [0, 0.05) is 25.8 Å². The van der Waals surface area contributed by atoms with Gasteiger partial charge in [-0.15, -0.1) is 0 Å². The Labute approximate surface area is 174 Å². The van der Waals surface area contributed by atoms with Crippen LogP contribution in [0.25, 0.3) is 10.3 Å². The molecule has 1 aromatic carbocycles. The fourth-order valence-corrected chi connectivity index (χ4v) is 4.60. The molecule has 0 aliphatic carbocycles. The number of aromatic nitrogens is 2. The lowest BCUT2D eigenvalue weighted by atomic mass is 9.97. The number of nitrogens with zero attached hydrogens (tertiary/aromatic N) is 3. The highest BCUT2D eigenvalue weighted by molar-refractivity contribution is 7.21. The summed E-state index contributed by atoms with van der Waals surface area (Å²) in [5.41, 5.74) is 2.12. The number of amides is 1. The average Bonchev–Trinajstić information content (AvgIpc) is 3.20. The SMILES string of the molecule is CCOc1ccc(CCNC(=O)[C@H]2CCCN(c3nc4cccnc4s3)C2)cc1. The fourth-order valence-electron chi connectivity index (χ4n) is 3.65. The number of hydrogen-bond acceptors (Lipinski definition) is 6. The first kappa shape index (κ1) is 19.6. The molecule has 1 N–H and O–H groups in total. The molecule has 3 aromatic rings. The van der Waals surface area contributed by atoms with Crippen molar-refractivity contribution >= 4 is 32.7 Å². The van der Waals surface area contributed by atoms with Crippen LogP contribution in [-0.2, 0) is 11.2 Å². The number of hydrogen-bond donors (Lipinski definition) is 1. The maximum Gasteiger partial charge on any atom is 0.224 e. The molecule has 152 valence electrons. The largest absolute Gasteiger partial charge is 0.494 e. The predicted octanol–water partition coefficient (Wildman–Crippen LogP) is 3.67. The Morgan fingerprint density at radius 2 is 2.17 bits per heavy atom. The third-order valence-corrected chi connectivity index (χ3v) is 6.21. The Kier molecular flexibility index (Phi) is 6.24. The second-order valence-corrected chi connectivity index (χ2v) is 8.18. The normalized spacial score (nSPS) is 16.7. The molecule has 6 nitrogen and oxygen atoms in total. The number of carbonyl (C=O) groups is 1. The van der Waals surface area contributed by atoms with Gasteiger partial charge in [-0.2, -0.15) is 0 Å². The van der Waals surface area contributed by atoms with Gasteiger partial charge in [0.25, 0.3) is 0 Å². The Morgan fingerprint density at radius 3 is 2.97 bits per heavy atom. The van der Waals surface area contributed by atoms with Crippen LogP contribution in [0.1, 0.15) is 25.3 Å². The van der Waals surface area contributed by atoms with Gasteiger partial charge in [0.2, 0.25) is 5.91 Å². The van der Waals surface area contributed by atoms with Crippen LogP contribution in [0.15, 0.2) is 42.6 Å². The molecule has 1 atom stereocenters. The minimum atomic E-state index is 0.00375. The van der Waals surface area contributed by atoms with Crippen LogP contribution >= 0.6 is 11.3 Å². The van der Waals surface area contributed by atoms with E-state index in [-0.39, 0.29) is 11.8 Å². The number of fused-ring (bicyclic) bond motifs is 1. The van der Waals surface area contributed by atoms with Crippen LogP contribution in [0, 0.1) is 5.92 Å². The van der Waals surface area contributed by atoms with Crippen LogP contribution in [0.3, 0.4) is 0 Å². The van der Waals surface area contributed by atoms with Crippen molar-refractivity contribution in [2.45, 2.75) is 26.2 Å². The van der Waals surface area contributed by atoms with Gasteiger partial charge >= 0.3 is 0 Å². The average molecular weight is 411 g/mol. The van der Waals surface area contributed by atoms with E-state index in [1.54, 1.807) is 17.5 Å². The standard InChI is InChI=1S/C22H26N4O2S/c1-2-28-18-9-7-16(8-10-18)11-13-23-20(27)17-5-4-14-26(15-17)22-25-19-6-3-12-24-21(19)29-22/h3,6-10,12,17H,2,4-5,11,13-15H2,1H3,(H,23,27)/t17-/m0/s1. The number of nitrogens with one attached hydrogen (secondary N) is 1. The molecule has 7 heteroatoms. The van der Waals surface area contributed by atoms with E-state index in [0.717, 1.165) is 47.0 Å². The molecule has 4 rings (SSSR count). The molecule has 0 unspecified atom stereocenters. The lowest BCUT2D eigenvalue weighted by Crippen LogP contribution is -2.43. The number of pyridine rings is 1. The van der Waals surface area contributed by atoms with Crippen LogP contribution in [-0.4, -0.2) is 42.1 Å². The molecule has 1 fully saturated rings. The maximum atomic E-state index is 12.7. The van der Waals surface area contributed by atoms with Crippen molar-refractivity contribution in [1.29, 1.82) is 0 Å². The zero-order valence-corrected chi connectivity index (χ0v) is 17.5. The summed E-state index contributed by atoms with van der Waals surface area (Å²) >= 11 is 1.60. The van der Waals surface area contributed by atoms with Crippen molar-refractivity contribution in [3.63, 3.8) is 0 Å². The predicted molar refractivity (Wildman–Crippen MR) is 117 cm³/mol. The van der Waals surface area contributed by atoms with E-state index < -0.39 is 0 Å². The van der Waals surface area contributed by atoms with Gasteiger partial charge < -0.3 is 15.0 Å². The smallest absolute Gasteiger partial charge is 0.224 e. The Morgan fingerprint density at radius 1 is 1.31 bits per heavy atom. The van der Waals surface area contributed by atoms with Gasteiger partial charge in [-0.1, -0.05) is 23.5 Å². The molecule has 0 spiro atoms. The number of anilines is 1. The summed E-state index contributed by atoms with van der Waals surface area (Å²) in [6, 6.07) is 12.0. The summed E-state index contributed by atoms with van der Waals surface area (Å²) < 4.78 is 5.47. The van der Waals surface area contributed by atoms with E-state index in [1.807, 2.05) is 31.2 Å². The third kappa shape index (κ3) is 4.85. The molecule has 0 radical (unpaired) electrons. The molecule has 1 amide bonds. The molecular formula is C22H26N4O2S. The number of ether oxygens (including phenoxy) is 1. The molecule has 29 heavy (non-hydrogen) atoms. The van der Waals surface area contributed by atoms with E-state index in [2.05, 4.69) is 27.3 Å². The van der Waals surface area contributed by atoms with Crippen molar-refractivity contribution in [1.82, 2.24) is 15.3 Å². The molecule has 0 saturated carbocycles. The molecule has 2 aromatic heterocycles. The van der Waals surface area contributed by atoms with Crippen molar-refractivity contribution in [2.75, 3.05) is 31.1 Å². The maximum absolute atomic E-state index is 12.7. The van der Waals surface area contributed by atoms with Gasteiger partial charge in [-0.3, -0.25) is 4.79 Å². The molecule has 0 bridgehead atoms. The van der Waals surface area contributed by atoms with E-state index in [0.29, 0.717) is 19.7 Å². The van der Waals surface area contributed by atoms with Crippen molar-refractivity contribution in [3.05, 3.63) is 48.2 Å². The highest BCUT2D eigenvalue weighted by atomic mass is 32.1. The number of thiazole rings is 1. The summed E-state index contributed by atoms with van der Waals surface area (Å²) in [4.78, 5) is 24.9. The Hall–Kier alpha value is -2.67. The van der Waals surface area contributed by atoms with Crippen LogP contribution in [0.4, 0.5) is 5.13 Å². The quantitative estimate of drug-likeness (QED) is 0.644. The first-order valence-electron chi connectivity index (χ1n) is 10.2. The second kappa shape index (κ2) is 9.22. The van der Waals surface area contributed by atoms with Crippen LogP contribution in [0.2, 0.25) is 0 Å². The molecule has 3 heterocycles. The molecule has 1 aliphatic rings. The Balaban J connectivity index is 1.29. The monoisotopic (exact) mass is 410 g/mol. The van der Waals surface area contributed by atoms with E-state index in [9.17, 15) is 4.79 Å². The fraction of sp³-hybridized carbons (Fsp3) is 0.409. The minimum Gasteiger partial charge on any atom is -0.494 e. The van der Waals surface area contributed by atoms with Gasteiger partial charge in [0.05, 0.1) is 12.5 Å². The number of carbonyl (C=O) groups excluding carboxylic acids is 1. The van der Waals surface area contributed by atoms with Crippen LogP contribution in [0.5, 0.6) is 5.75 Å². The van der Waals surface area contributed by atoms with E-state index in [4.69, 9.17) is 9.72 Å². The van der Waals surface area contributed by atoms with Gasteiger partial charge in [-0.05, 0) is 56.0 Å². The zero-order chi connectivity index (χ0) is 20.1. The zero-order valence-electron chi connectivity index (χ0n) is 16.6. The lowest BCUT2D eigenvalue weighted by Gasteiger charge is -2.31.